The van der Waals surface area contributed by atoms with Gasteiger partial charge in [0.1, 0.15) is 0 Å². The van der Waals surface area contributed by atoms with Crippen molar-refractivity contribution in [2.45, 2.75) is 96.8 Å². The highest BCUT2D eigenvalue weighted by Crippen LogP contribution is 2.27. The first-order valence-electron chi connectivity index (χ1n) is 11.7. The van der Waals surface area contributed by atoms with E-state index >= 15 is 0 Å². The number of hydrogen-bond donors (Lipinski definition) is 1. The summed E-state index contributed by atoms with van der Waals surface area (Å²) >= 11 is 0. The van der Waals surface area contributed by atoms with E-state index in [1.54, 1.807) is 0 Å². The fourth-order valence-electron chi connectivity index (χ4n) is 3.75. The van der Waals surface area contributed by atoms with E-state index in [9.17, 15) is 0 Å². The van der Waals surface area contributed by atoms with E-state index in [-0.39, 0.29) is 0 Å². The van der Waals surface area contributed by atoms with Crippen molar-refractivity contribution in [3.8, 4) is 0 Å². The van der Waals surface area contributed by atoms with Gasteiger partial charge in [-0.15, -0.1) is 0 Å². The Bertz CT molecular complexity index is 462. The lowest BCUT2D eigenvalue weighted by Crippen LogP contribution is -2.35. The second kappa shape index (κ2) is 15.0. The number of anilines is 1. The number of para-hydroxylation sites is 2. The Morgan fingerprint density at radius 2 is 1.07 bits per heavy atom. The van der Waals surface area contributed by atoms with Gasteiger partial charge in [0.15, 0.2) is 5.69 Å². The van der Waals surface area contributed by atoms with Gasteiger partial charge in [0.05, 0.1) is 26.8 Å². The SMILES string of the molecule is CCCCCCCCCCCCCCCCNc1ccccc1[N+](C)(C)C. The standard InChI is InChI=1S/C25H47N2/c1-5-6-7-8-9-10-11-12-13-14-15-16-17-20-23-26-24-21-18-19-22-25(24)27(2,3)4/h18-19,21-22,26H,5-17,20,23H2,1-4H3/q+1. The molecule has 0 fully saturated rings. The van der Waals surface area contributed by atoms with Crippen molar-refractivity contribution in [2.24, 2.45) is 0 Å². The minimum atomic E-state index is 0.863. The molecule has 0 radical (unpaired) electrons. The molecule has 0 aromatic heterocycles. The number of rotatable bonds is 17. The lowest BCUT2D eigenvalue weighted by Gasteiger charge is -2.26. The van der Waals surface area contributed by atoms with E-state index in [1.807, 2.05) is 0 Å². The molecule has 0 aliphatic heterocycles. The number of benzene rings is 1. The number of unbranched alkanes of at least 4 members (excludes halogenated alkanes) is 13. The highest BCUT2D eigenvalue weighted by molar-refractivity contribution is 5.67. The van der Waals surface area contributed by atoms with Crippen molar-refractivity contribution >= 4 is 11.4 Å². The van der Waals surface area contributed by atoms with Crippen LogP contribution in [0.25, 0.3) is 0 Å². The predicted octanol–water partition coefficient (Wildman–Crippen LogP) is 7.78. The summed E-state index contributed by atoms with van der Waals surface area (Å²) in [7, 11) is 6.69. The molecule has 0 saturated heterocycles. The van der Waals surface area contributed by atoms with Crippen LogP contribution in [-0.4, -0.2) is 27.7 Å². The van der Waals surface area contributed by atoms with Gasteiger partial charge in [0.25, 0.3) is 0 Å². The summed E-state index contributed by atoms with van der Waals surface area (Å²) in [5, 5.41) is 3.65. The number of quaternary nitrogens is 1. The Kier molecular flexibility index (Phi) is 13.3. The lowest BCUT2D eigenvalue weighted by atomic mass is 10.0. The molecule has 1 N–H and O–H groups in total. The van der Waals surface area contributed by atoms with Gasteiger partial charge in [0.2, 0.25) is 0 Å². The van der Waals surface area contributed by atoms with E-state index in [2.05, 4.69) is 57.6 Å². The fraction of sp³-hybridized carbons (Fsp3) is 0.760. The first-order chi connectivity index (χ1) is 13.1. The Labute approximate surface area is 170 Å². The third-order valence-corrected chi connectivity index (χ3v) is 5.47. The van der Waals surface area contributed by atoms with Crippen LogP contribution in [0.5, 0.6) is 0 Å². The van der Waals surface area contributed by atoms with Crippen molar-refractivity contribution < 1.29 is 0 Å². The van der Waals surface area contributed by atoms with Crippen molar-refractivity contribution in [1.82, 2.24) is 4.48 Å². The highest BCUT2D eigenvalue weighted by Gasteiger charge is 2.16. The maximum Gasteiger partial charge on any atom is 0.155 e. The second-order valence-electron chi connectivity index (χ2n) is 9.05. The second-order valence-corrected chi connectivity index (χ2v) is 9.05. The van der Waals surface area contributed by atoms with Gasteiger partial charge < -0.3 is 5.32 Å². The van der Waals surface area contributed by atoms with Crippen molar-refractivity contribution in [3.63, 3.8) is 0 Å². The molecule has 2 nitrogen and oxygen atoms in total. The van der Waals surface area contributed by atoms with E-state index in [1.165, 1.54) is 101 Å². The van der Waals surface area contributed by atoms with Crippen molar-refractivity contribution in [3.05, 3.63) is 24.3 Å². The van der Waals surface area contributed by atoms with Gasteiger partial charge in [-0.25, -0.2) is 0 Å². The van der Waals surface area contributed by atoms with Gasteiger partial charge in [-0.3, -0.25) is 4.48 Å². The van der Waals surface area contributed by atoms with Crippen LogP contribution in [0.15, 0.2) is 24.3 Å². The van der Waals surface area contributed by atoms with Gasteiger partial charge >= 0.3 is 0 Å². The number of hydrogen-bond acceptors (Lipinski definition) is 1. The summed E-state index contributed by atoms with van der Waals surface area (Å²) in [6.45, 7) is 3.39. The van der Waals surface area contributed by atoms with Crippen molar-refractivity contribution in [1.29, 1.82) is 0 Å². The molecular weight excluding hydrogens is 328 g/mol. The van der Waals surface area contributed by atoms with Crippen LogP contribution >= 0.6 is 0 Å². The molecule has 1 aromatic carbocycles. The van der Waals surface area contributed by atoms with Crippen LogP contribution in [0.4, 0.5) is 11.4 Å². The first kappa shape index (κ1) is 24.0. The summed E-state index contributed by atoms with van der Waals surface area (Å²) in [6, 6.07) is 8.71. The smallest absolute Gasteiger partial charge is 0.155 e. The maximum atomic E-state index is 3.65. The van der Waals surface area contributed by atoms with E-state index in [4.69, 9.17) is 0 Å². The number of nitrogens with zero attached hydrogens (tertiary/aromatic N) is 1. The molecule has 1 rings (SSSR count). The molecule has 27 heavy (non-hydrogen) atoms. The van der Waals surface area contributed by atoms with Gasteiger partial charge in [-0.1, -0.05) is 103 Å². The van der Waals surface area contributed by atoms with Crippen LogP contribution in [-0.2, 0) is 0 Å². The molecule has 0 aliphatic rings. The summed E-state index contributed by atoms with van der Waals surface area (Å²) < 4.78 is 0.863. The van der Waals surface area contributed by atoms with Gasteiger partial charge in [-0.05, 0) is 12.5 Å². The highest BCUT2D eigenvalue weighted by atomic mass is 15.3. The van der Waals surface area contributed by atoms with Crippen LogP contribution in [0.2, 0.25) is 0 Å². The third kappa shape index (κ3) is 12.1. The average Bonchev–Trinajstić information content (AvgIpc) is 2.64. The summed E-state index contributed by atoms with van der Waals surface area (Å²) in [4.78, 5) is 0. The van der Waals surface area contributed by atoms with Crippen LogP contribution in [0.1, 0.15) is 96.8 Å². The Hall–Kier alpha value is -1.02. The first-order valence-corrected chi connectivity index (χ1v) is 11.7. The van der Waals surface area contributed by atoms with E-state index in [0.717, 1.165) is 11.0 Å². The zero-order valence-corrected chi connectivity index (χ0v) is 18.9. The summed E-state index contributed by atoms with van der Waals surface area (Å²) in [6.07, 6.45) is 19.9. The van der Waals surface area contributed by atoms with Gasteiger partial charge in [-0.2, -0.15) is 0 Å². The van der Waals surface area contributed by atoms with E-state index in [0.29, 0.717) is 0 Å². The normalized spacial score (nSPS) is 11.7. The molecule has 156 valence electrons. The minimum Gasteiger partial charge on any atom is -0.380 e. The monoisotopic (exact) mass is 375 g/mol. The molecular formula is C25H47N2+. The average molecular weight is 376 g/mol. The Morgan fingerprint density at radius 1 is 0.630 bits per heavy atom. The summed E-state index contributed by atoms with van der Waals surface area (Å²) in [5.41, 5.74) is 2.66. The molecule has 0 saturated carbocycles. The molecule has 0 aliphatic carbocycles. The zero-order valence-electron chi connectivity index (χ0n) is 18.9. The molecule has 0 spiro atoms. The largest absolute Gasteiger partial charge is 0.380 e. The van der Waals surface area contributed by atoms with E-state index < -0.39 is 0 Å². The number of nitrogens with one attached hydrogen (secondary N) is 1. The minimum absolute atomic E-state index is 0.863. The fourth-order valence-corrected chi connectivity index (χ4v) is 3.75. The Morgan fingerprint density at radius 3 is 1.56 bits per heavy atom. The predicted molar refractivity (Wildman–Crippen MR) is 125 cm³/mol. The van der Waals surface area contributed by atoms with Crippen LogP contribution in [0, 0.1) is 0 Å². The molecule has 0 heterocycles. The molecule has 0 unspecified atom stereocenters. The molecule has 2 heteroatoms. The lowest BCUT2D eigenvalue weighted by molar-refractivity contribution is 0.487. The van der Waals surface area contributed by atoms with Gasteiger partial charge in [0, 0.05) is 12.6 Å². The quantitative estimate of drug-likeness (QED) is 0.216. The molecule has 0 atom stereocenters. The van der Waals surface area contributed by atoms with Crippen molar-refractivity contribution in [2.75, 3.05) is 33.0 Å². The summed E-state index contributed by atoms with van der Waals surface area (Å²) in [5.74, 6) is 0. The van der Waals surface area contributed by atoms with Crippen LogP contribution < -0.4 is 9.80 Å². The third-order valence-electron chi connectivity index (χ3n) is 5.47. The molecule has 1 aromatic rings. The molecule has 0 amide bonds. The molecule has 0 bridgehead atoms. The topological polar surface area (TPSA) is 12.0 Å². The maximum absolute atomic E-state index is 3.65. The Balaban J connectivity index is 1.93. The van der Waals surface area contributed by atoms with Crippen LogP contribution in [0.3, 0.4) is 0 Å². The zero-order chi connectivity index (χ0) is 19.8.